The van der Waals surface area contributed by atoms with E-state index in [1.807, 2.05) is 24.3 Å². The van der Waals surface area contributed by atoms with Gasteiger partial charge in [-0.15, -0.1) is 12.8 Å². The van der Waals surface area contributed by atoms with Crippen LogP contribution in [0.2, 0.25) is 18.1 Å². The number of benzene rings is 2. The lowest BCUT2D eigenvalue weighted by atomic mass is 9.79. The maximum atomic E-state index is 7.37. The Kier molecular flexibility index (Phi) is 6.30. The van der Waals surface area contributed by atoms with Crippen molar-refractivity contribution < 1.29 is 4.43 Å². The van der Waals surface area contributed by atoms with Gasteiger partial charge >= 0.3 is 0 Å². The molecule has 30 heavy (non-hydrogen) atoms. The third-order valence-electron chi connectivity index (χ3n) is 6.73. The molecule has 0 amide bonds. The summed E-state index contributed by atoms with van der Waals surface area (Å²) >= 11 is 0. The van der Waals surface area contributed by atoms with Crippen LogP contribution in [0.15, 0.2) is 48.5 Å². The van der Waals surface area contributed by atoms with E-state index in [4.69, 9.17) is 17.3 Å². The average Bonchev–Trinajstić information content (AvgIpc) is 3.27. The van der Waals surface area contributed by atoms with Crippen molar-refractivity contribution in [1.82, 2.24) is 5.32 Å². The van der Waals surface area contributed by atoms with Gasteiger partial charge in [0, 0.05) is 17.2 Å². The second kappa shape index (κ2) is 8.44. The summed E-state index contributed by atoms with van der Waals surface area (Å²) < 4.78 is 7.37. The van der Waals surface area contributed by atoms with Gasteiger partial charge in [0.25, 0.3) is 0 Å². The smallest absolute Gasteiger partial charge is 0.193 e. The Hall–Kier alpha value is -2.30. The third-order valence-corrected chi connectivity index (χ3v) is 11.2. The van der Waals surface area contributed by atoms with Gasteiger partial charge in [-0.05, 0) is 72.9 Å². The lowest BCUT2D eigenvalue weighted by molar-refractivity contribution is 0.0562. The van der Waals surface area contributed by atoms with E-state index in [-0.39, 0.29) is 11.1 Å². The molecule has 2 aromatic rings. The highest BCUT2D eigenvalue weighted by atomic mass is 28.4. The van der Waals surface area contributed by atoms with E-state index in [1.165, 1.54) is 0 Å². The van der Waals surface area contributed by atoms with Gasteiger partial charge in [0.1, 0.15) is 5.60 Å². The van der Waals surface area contributed by atoms with Crippen molar-refractivity contribution >= 4 is 8.32 Å². The first kappa shape index (κ1) is 22.4. The highest BCUT2D eigenvalue weighted by Gasteiger charge is 2.51. The Morgan fingerprint density at radius 3 is 1.70 bits per heavy atom. The zero-order valence-electron chi connectivity index (χ0n) is 18.9. The van der Waals surface area contributed by atoms with Crippen molar-refractivity contribution in [2.75, 3.05) is 6.54 Å². The molecule has 3 heteroatoms. The van der Waals surface area contributed by atoms with Gasteiger partial charge in [0.2, 0.25) is 0 Å². The van der Waals surface area contributed by atoms with Crippen LogP contribution in [0.4, 0.5) is 0 Å². The lowest BCUT2D eigenvalue weighted by Gasteiger charge is -2.49. The molecule has 1 N–H and O–H groups in total. The van der Waals surface area contributed by atoms with Crippen molar-refractivity contribution in [2.45, 2.75) is 63.4 Å². The molecule has 0 bridgehead atoms. The van der Waals surface area contributed by atoms with Gasteiger partial charge in [0.15, 0.2) is 8.32 Å². The average molecular weight is 416 g/mol. The zero-order valence-corrected chi connectivity index (χ0v) is 19.9. The molecular formula is C27H33NOSi. The summed E-state index contributed by atoms with van der Waals surface area (Å²) in [6.45, 7) is 12.5. The first-order valence-corrected chi connectivity index (χ1v) is 13.6. The van der Waals surface area contributed by atoms with Crippen molar-refractivity contribution in [3.63, 3.8) is 0 Å². The van der Waals surface area contributed by atoms with Crippen LogP contribution in [0.25, 0.3) is 0 Å². The molecule has 1 aliphatic rings. The fourth-order valence-electron chi connectivity index (χ4n) is 3.97. The second-order valence-corrected chi connectivity index (χ2v) is 14.4. The second-order valence-electron chi connectivity index (χ2n) is 9.69. The van der Waals surface area contributed by atoms with Gasteiger partial charge in [-0.1, -0.05) is 56.9 Å². The van der Waals surface area contributed by atoms with E-state index in [1.54, 1.807) is 0 Å². The van der Waals surface area contributed by atoms with E-state index in [0.717, 1.165) is 41.6 Å². The SMILES string of the molecule is C#Cc1ccc(C(O[Si](C)(C)C(C)(C)C)(c2ccc(C#C)cc2)[C@@H]2CCCN2)cc1. The van der Waals surface area contributed by atoms with Gasteiger partial charge in [-0.3, -0.25) is 0 Å². The summed E-state index contributed by atoms with van der Waals surface area (Å²) in [6, 6.07) is 16.8. The molecule has 0 unspecified atom stereocenters. The highest BCUT2D eigenvalue weighted by molar-refractivity contribution is 6.74. The van der Waals surface area contributed by atoms with Crippen LogP contribution in [0.3, 0.4) is 0 Å². The van der Waals surface area contributed by atoms with Crippen molar-refractivity contribution in [1.29, 1.82) is 0 Å². The normalized spacial score (nSPS) is 17.4. The first-order valence-electron chi connectivity index (χ1n) is 10.7. The summed E-state index contributed by atoms with van der Waals surface area (Å²) in [5.41, 5.74) is 3.43. The summed E-state index contributed by atoms with van der Waals surface area (Å²) in [5, 5.41) is 3.82. The predicted octanol–water partition coefficient (Wildman–Crippen LogP) is 5.67. The number of rotatable bonds is 5. The van der Waals surface area contributed by atoms with Crippen LogP contribution in [0.5, 0.6) is 0 Å². The maximum absolute atomic E-state index is 7.37. The largest absolute Gasteiger partial charge is 0.402 e. The molecule has 0 aliphatic carbocycles. The van der Waals surface area contributed by atoms with Crippen LogP contribution in [-0.4, -0.2) is 20.9 Å². The van der Waals surface area contributed by atoms with Gasteiger partial charge in [-0.2, -0.15) is 0 Å². The summed E-state index contributed by atoms with van der Waals surface area (Å²) in [4.78, 5) is 0. The Morgan fingerprint density at radius 1 is 0.900 bits per heavy atom. The molecule has 2 aromatic carbocycles. The van der Waals surface area contributed by atoms with Crippen molar-refractivity contribution in [3.05, 3.63) is 70.8 Å². The monoisotopic (exact) mass is 415 g/mol. The molecule has 1 heterocycles. The maximum Gasteiger partial charge on any atom is 0.193 e. The topological polar surface area (TPSA) is 21.3 Å². The van der Waals surface area contributed by atoms with E-state index >= 15 is 0 Å². The molecule has 1 fully saturated rings. The quantitative estimate of drug-likeness (QED) is 0.502. The van der Waals surface area contributed by atoms with Gasteiger partial charge in [-0.25, -0.2) is 0 Å². The van der Waals surface area contributed by atoms with E-state index in [2.05, 4.69) is 75.3 Å². The fourth-order valence-corrected chi connectivity index (χ4v) is 5.46. The molecule has 0 aromatic heterocycles. The Morgan fingerprint density at radius 2 is 1.37 bits per heavy atom. The van der Waals surface area contributed by atoms with Crippen LogP contribution < -0.4 is 5.32 Å². The van der Waals surface area contributed by atoms with E-state index in [9.17, 15) is 0 Å². The van der Waals surface area contributed by atoms with Crippen LogP contribution in [-0.2, 0) is 10.0 Å². The Labute approximate surface area is 183 Å². The van der Waals surface area contributed by atoms with E-state index < -0.39 is 13.9 Å². The summed E-state index contributed by atoms with van der Waals surface area (Å²) in [7, 11) is -2.14. The predicted molar refractivity (Wildman–Crippen MR) is 129 cm³/mol. The standard InChI is InChI=1S/C27H33NOSi/c1-8-21-12-16-23(17-13-21)27(25-11-10-20-28-25,29-30(6,7)26(3,4)5)24-18-14-22(9-2)15-19-24/h1-2,12-19,25,28H,10-11,20H2,3-7H3/t25-/m0/s1. The summed E-state index contributed by atoms with van der Waals surface area (Å²) in [5.74, 6) is 5.47. The first-order chi connectivity index (χ1) is 14.1. The molecule has 1 atom stereocenters. The van der Waals surface area contributed by atoms with Crippen LogP contribution in [0.1, 0.15) is 55.9 Å². The minimum absolute atomic E-state index is 0.0777. The molecule has 1 saturated heterocycles. The van der Waals surface area contributed by atoms with Crippen molar-refractivity contribution in [3.8, 4) is 24.7 Å². The molecule has 3 rings (SSSR count). The number of hydrogen-bond donors (Lipinski definition) is 1. The van der Waals surface area contributed by atoms with Crippen LogP contribution in [0, 0.1) is 24.7 Å². The highest BCUT2D eigenvalue weighted by Crippen LogP contribution is 2.47. The summed E-state index contributed by atoms with van der Waals surface area (Å²) in [6.07, 6.45) is 13.4. The van der Waals surface area contributed by atoms with Crippen LogP contribution >= 0.6 is 0 Å². The number of terminal acetylenes is 2. The fraction of sp³-hybridized carbons (Fsp3) is 0.407. The molecule has 0 radical (unpaired) electrons. The lowest BCUT2D eigenvalue weighted by Crippen LogP contribution is -2.56. The molecular weight excluding hydrogens is 382 g/mol. The Bertz CT molecular complexity index is 889. The van der Waals surface area contributed by atoms with Gasteiger partial charge < -0.3 is 9.74 Å². The molecule has 1 aliphatic heterocycles. The number of hydrogen-bond acceptors (Lipinski definition) is 2. The minimum atomic E-state index is -2.14. The molecule has 0 spiro atoms. The van der Waals surface area contributed by atoms with Crippen molar-refractivity contribution in [2.24, 2.45) is 0 Å². The van der Waals surface area contributed by atoms with E-state index in [0.29, 0.717) is 0 Å². The molecule has 2 nitrogen and oxygen atoms in total. The third kappa shape index (κ3) is 4.12. The van der Waals surface area contributed by atoms with Gasteiger partial charge in [0.05, 0.1) is 0 Å². The Balaban J connectivity index is 2.26. The zero-order chi connectivity index (χ0) is 22.0. The minimum Gasteiger partial charge on any atom is -0.402 e. The molecule has 0 saturated carbocycles. The molecule has 156 valence electrons. The number of nitrogens with one attached hydrogen (secondary N) is 1.